The van der Waals surface area contributed by atoms with Gasteiger partial charge in [0.2, 0.25) is 5.79 Å². The maximum Gasteiger partial charge on any atom is 0.223 e. The van der Waals surface area contributed by atoms with Crippen LogP contribution >= 0.6 is 0 Å². The Morgan fingerprint density at radius 3 is 1.82 bits per heavy atom. The highest BCUT2D eigenvalue weighted by molar-refractivity contribution is 7.95. The fraction of sp³-hybridized carbons (Fsp3) is 0.368. The first-order valence-electron chi connectivity index (χ1n) is 7.63. The highest BCUT2D eigenvalue weighted by atomic mass is 32.2. The Bertz CT molecular complexity index is 558. The van der Waals surface area contributed by atoms with Crippen molar-refractivity contribution < 1.29 is 9.47 Å². The minimum absolute atomic E-state index is 0.0790. The fourth-order valence-corrected chi connectivity index (χ4v) is 3.92. The van der Waals surface area contributed by atoms with E-state index in [2.05, 4.69) is 43.7 Å². The second-order valence-corrected chi connectivity index (χ2v) is 8.28. The lowest BCUT2D eigenvalue weighted by molar-refractivity contribution is -0.147. The zero-order valence-corrected chi connectivity index (χ0v) is 14.2. The van der Waals surface area contributed by atoms with E-state index < -0.39 is 5.79 Å². The molecule has 0 saturated carbocycles. The molecular formula is C19H23O2S+. The molecule has 0 aliphatic carbocycles. The van der Waals surface area contributed by atoms with Crippen molar-refractivity contribution in [1.82, 2.24) is 0 Å². The zero-order chi connectivity index (χ0) is 15.6. The van der Waals surface area contributed by atoms with Gasteiger partial charge in [0, 0.05) is 11.1 Å². The van der Waals surface area contributed by atoms with Crippen LogP contribution < -0.4 is 0 Å². The van der Waals surface area contributed by atoms with Gasteiger partial charge in [-0.3, -0.25) is 0 Å². The van der Waals surface area contributed by atoms with Crippen molar-refractivity contribution in [2.24, 2.45) is 0 Å². The molecule has 22 heavy (non-hydrogen) atoms. The molecule has 1 heterocycles. The molecule has 0 radical (unpaired) electrons. The summed E-state index contributed by atoms with van der Waals surface area (Å²) in [5, 5.41) is 0. The van der Waals surface area contributed by atoms with Gasteiger partial charge in [-0.25, -0.2) is 0 Å². The minimum Gasteiger partial charge on any atom is -0.336 e. The topological polar surface area (TPSA) is 18.5 Å². The number of hydrogen-bond donors (Lipinski definition) is 0. The molecule has 2 aromatic carbocycles. The summed E-state index contributed by atoms with van der Waals surface area (Å²) in [4.78, 5) is 0. The minimum atomic E-state index is -0.786. The Balaban J connectivity index is 2.03. The molecule has 1 aliphatic heterocycles. The molecule has 0 bridgehead atoms. The second-order valence-electron chi connectivity index (χ2n) is 5.98. The molecule has 1 aliphatic rings. The van der Waals surface area contributed by atoms with E-state index in [1.165, 1.54) is 0 Å². The summed E-state index contributed by atoms with van der Waals surface area (Å²) in [6.07, 6.45) is 4.71. The summed E-state index contributed by atoms with van der Waals surface area (Å²) < 4.78 is 12.9. The molecule has 3 heteroatoms. The molecule has 0 amide bonds. The predicted octanol–water partition coefficient (Wildman–Crippen LogP) is 3.57. The van der Waals surface area contributed by atoms with Gasteiger partial charge in [0.1, 0.15) is 11.9 Å². The van der Waals surface area contributed by atoms with Gasteiger partial charge < -0.3 is 9.47 Å². The Labute approximate surface area is 135 Å². The number of benzene rings is 2. The van der Waals surface area contributed by atoms with Crippen LogP contribution in [0.15, 0.2) is 60.7 Å². The van der Waals surface area contributed by atoms with E-state index in [1.54, 1.807) is 0 Å². The SMILES string of the molecule is C[C@@H]1OC(c2ccccc2)(c2ccccc2)O[C@@H]1C[S+](C)C. The summed E-state index contributed by atoms with van der Waals surface area (Å²) in [6.45, 7) is 2.12. The van der Waals surface area contributed by atoms with Crippen LogP contribution in [0.4, 0.5) is 0 Å². The summed E-state index contributed by atoms with van der Waals surface area (Å²) in [6, 6.07) is 20.5. The van der Waals surface area contributed by atoms with E-state index in [0.717, 1.165) is 16.9 Å². The van der Waals surface area contributed by atoms with E-state index in [-0.39, 0.29) is 12.2 Å². The Morgan fingerprint density at radius 1 is 0.864 bits per heavy atom. The molecule has 0 spiro atoms. The molecule has 2 aromatic rings. The maximum atomic E-state index is 6.53. The van der Waals surface area contributed by atoms with E-state index in [9.17, 15) is 0 Å². The van der Waals surface area contributed by atoms with Crippen molar-refractivity contribution in [3.63, 3.8) is 0 Å². The first kappa shape index (κ1) is 15.6. The van der Waals surface area contributed by atoms with Crippen molar-refractivity contribution in [3.05, 3.63) is 71.8 Å². The van der Waals surface area contributed by atoms with Gasteiger partial charge in [-0.1, -0.05) is 60.7 Å². The monoisotopic (exact) mass is 315 g/mol. The molecule has 3 rings (SSSR count). The lowest BCUT2D eigenvalue weighted by Crippen LogP contribution is -2.31. The molecule has 1 fully saturated rings. The number of rotatable bonds is 4. The Morgan fingerprint density at radius 2 is 1.36 bits per heavy atom. The first-order chi connectivity index (χ1) is 10.6. The molecule has 1 saturated heterocycles. The average molecular weight is 315 g/mol. The molecule has 2 nitrogen and oxygen atoms in total. The highest BCUT2D eigenvalue weighted by Gasteiger charge is 2.49. The zero-order valence-electron chi connectivity index (χ0n) is 13.4. The van der Waals surface area contributed by atoms with Crippen molar-refractivity contribution >= 4 is 10.9 Å². The van der Waals surface area contributed by atoms with Crippen LogP contribution in [0.1, 0.15) is 18.1 Å². The van der Waals surface area contributed by atoms with Crippen molar-refractivity contribution in [3.8, 4) is 0 Å². The van der Waals surface area contributed by atoms with Gasteiger partial charge in [-0.15, -0.1) is 0 Å². The molecule has 0 aromatic heterocycles. The van der Waals surface area contributed by atoms with E-state index in [4.69, 9.17) is 9.47 Å². The number of hydrogen-bond acceptors (Lipinski definition) is 2. The van der Waals surface area contributed by atoms with Crippen LogP contribution in [0.3, 0.4) is 0 Å². The normalized spacial score (nSPS) is 23.8. The Kier molecular flexibility index (Phi) is 4.57. The summed E-state index contributed by atoms with van der Waals surface area (Å²) in [7, 11) is 0.323. The van der Waals surface area contributed by atoms with E-state index in [0.29, 0.717) is 10.9 Å². The summed E-state index contributed by atoms with van der Waals surface area (Å²) >= 11 is 0. The van der Waals surface area contributed by atoms with Gasteiger partial charge in [0.15, 0.2) is 0 Å². The standard InChI is InChI=1S/C19H23O2S/c1-15-18(14-22(2)3)21-19(20-15,16-10-6-4-7-11-16)17-12-8-5-9-13-17/h4-13,15,18H,14H2,1-3H3/q+1/t15-,18+/m0/s1. The molecule has 2 atom stereocenters. The smallest absolute Gasteiger partial charge is 0.223 e. The summed E-state index contributed by atoms with van der Waals surface area (Å²) in [5.74, 6) is 0.245. The van der Waals surface area contributed by atoms with Crippen LogP contribution in [0.2, 0.25) is 0 Å². The Hall–Kier alpha value is -1.29. The summed E-state index contributed by atoms with van der Waals surface area (Å²) in [5.41, 5.74) is 2.12. The van der Waals surface area contributed by atoms with Crippen LogP contribution in [0.5, 0.6) is 0 Å². The van der Waals surface area contributed by atoms with Crippen molar-refractivity contribution in [2.75, 3.05) is 18.3 Å². The van der Waals surface area contributed by atoms with Gasteiger partial charge in [-0.05, 0) is 17.8 Å². The van der Waals surface area contributed by atoms with E-state index >= 15 is 0 Å². The second kappa shape index (κ2) is 6.45. The molecular weight excluding hydrogens is 292 g/mol. The van der Waals surface area contributed by atoms with Crippen LogP contribution in [0, 0.1) is 0 Å². The highest BCUT2D eigenvalue weighted by Crippen LogP contribution is 2.43. The third kappa shape index (κ3) is 2.94. The first-order valence-corrected chi connectivity index (χ1v) is 9.84. The van der Waals surface area contributed by atoms with Crippen LogP contribution in [-0.4, -0.2) is 30.5 Å². The fourth-order valence-electron chi connectivity index (χ4n) is 2.93. The van der Waals surface area contributed by atoms with Gasteiger partial charge in [-0.2, -0.15) is 0 Å². The van der Waals surface area contributed by atoms with Crippen LogP contribution in [0.25, 0.3) is 0 Å². The maximum absolute atomic E-state index is 6.53. The molecule has 0 N–H and O–H groups in total. The van der Waals surface area contributed by atoms with Gasteiger partial charge in [0.25, 0.3) is 0 Å². The van der Waals surface area contributed by atoms with Crippen LogP contribution in [-0.2, 0) is 26.2 Å². The van der Waals surface area contributed by atoms with Gasteiger partial charge >= 0.3 is 0 Å². The third-order valence-electron chi connectivity index (χ3n) is 4.00. The van der Waals surface area contributed by atoms with Crippen molar-refractivity contribution in [1.29, 1.82) is 0 Å². The largest absolute Gasteiger partial charge is 0.336 e. The number of ether oxygens (including phenoxy) is 2. The van der Waals surface area contributed by atoms with E-state index in [1.807, 2.05) is 36.4 Å². The molecule has 0 unspecified atom stereocenters. The quantitative estimate of drug-likeness (QED) is 0.803. The average Bonchev–Trinajstić information content (AvgIpc) is 2.86. The van der Waals surface area contributed by atoms with Crippen molar-refractivity contribution in [2.45, 2.75) is 24.9 Å². The predicted molar refractivity (Wildman–Crippen MR) is 93.2 cm³/mol. The van der Waals surface area contributed by atoms with Gasteiger partial charge in [0.05, 0.1) is 18.6 Å². The lowest BCUT2D eigenvalue weighted by atomic mass is 9.97. The third-order valence-corrected chi connectivity index (χ3v) is 4.99. The lowest BCUT2D eigenvalue weighted by Gasteiger charge is -2.29. The molecule has 116 valence electrons.